The molecule has 2 N–H and O–H groups in total. The van der Waals surface area contributed by atoms with Crippen molar-refractivity contribution in [2.45, 2.75) is 32.9 Å². The van der Waals surface area contributed by atoms with Gasteiger partial charge in [-0.2, -0.15) is 5.10 Å². The van der Waals surface area contributed by atoms with E-state index >= 15 is 0 Å². The molecule has 1 aromatic carbocycles. The summed E-state index contributed by atoms with van der Waals surface area (Å²) in [5, 5.41) is 10.4. The Hall–Kier alpha value is -1.61. The standard InChI is InChI=1S/C14H19N3/c1-10-5-4-6-13(7-10)11(2)17-12(3)14-8-15-16-9-14/h4-9,11-12,17H,1-3H3,(H,15,16). The van der Waals surface area contributed by atoms with E-state index in [1.807, 2.05) is 12.4 Å². The minimum absolute atomic E-state index is 0.296. The van der Waals surface area contributed by atoms with Crippen LogP contribution in [0.4, 0.5) is 0 Å². The number of nitrogens with zero attached hydrogens (tertiary/aromatic N) is 1. The van der Waals surface area contributed by atoms with Crippen LogP contribution >= 0.6 is 0 Å². The van der Waals surface area contributed by atoms with Crippen LogP contribution in [0.3, 0.4) is 0 Å². The highest BCUT2D eigenvalue weighted by molar-refractivity contribution is 5.25. The summed E-state index contributed by atoms with van der Waals surface area (Å²) in [6.45, 7) is 6.46. The Morgan fingerprint density at radius 3 is 2.59 bits per heavy atom. The third-order valence-corrected chi connectivity index (χ3v) is 3.06. The minimum Gasteiger partial charge on any atom is -0.304 e. The summed E-state index contributed by atoms with van der Waals surface area (Å²) in [7, 11) is 0. The van der Waals surface area contributed by atoms with E-state index in [2.05, 4.69) is 60.6 Å². The number of hydrogen-bond donors (Lipinski definition) is 2. The van der Waals surface area contributed by atoms with Crippen LogP contribution in [0.1, 0.15) is 42.6 Å². The number of H-pyrrole nitrogens is 1. The van der Waals surface area contributed by atoms with Gasteiger partial charge in [-0.1, -0.05) is 29.8 Å². The van der Waals surface area contributed by atoms with Crippen molar-refractivity contribution in [1.29, 1.82) is 0 Å². The Morgan fingerprint density at radius 2 is 1.94 bits per heavy atom. The largest absolute Gasteiger partial charge is 0.304 e. The molecule has 0 amide bonds. The Kier molecular flexibility index (Phi) is 3.59. The number of aromatic nitrogens is 2. The second kappa shape index (κ2) is 5.15. The molecule has 0 aliphatic heterocycles. The minimum atomic E-state index is 0.296. The first kappa shape index (κ1) is 11.9. The van der Waals surface area contributed by atoms with Crippen molar-refractivity contribution < 1.29 is 0 Å². The van der Waals surface area contributed by atoms with Gasteiger partial charge in [-0.25, -0.2) is 0 Å². The van der Waals surface area contributed by atoms with E-state index in [-0.39, 0.29) is 0 Å². The van der Waals surface area contributed by atoms with Crippen LogP contribution in [0.2, 0.25) is 0 Å². The Morgan fingerprint density at radius 1 is 1.18 bits per heavy atom. The lowest BCUT2D eigenvalue weighted by Crippen LogP contribution is -2.22. The molecule has 2 aromatic rings. The van der Waals surface area contributed by atoms with Crippen LogP contribution in [0.25, 0.3) is 0 Å². The van der Waals surface area contributed by atoms with Crippen molar-refractivity contribution in [3.05, 3.63) is 53.3 Å². The van der Waals surface area contributed by atoms with Gasteiger partial charge in [0.05, 0.1) is 6.20 Å². The average Bonchev–Trinajstić information content (AvgIpc) is 2.82. The van der Waals surface area contributed by atoms with E-state index in [1.165, 1.54) is 16.7 Å². The second-order valence-electron chi connectivity index (χ2n) is 4.56. The predicted molar refractivity (Wildman–Crippen MR) is 69.7 cm³/mol. The van der Waals surface area contributed by atoms with Crippen LogP contribution < -0.4 is 5.32 Å². The molecule has 0 aliphatic carbocycles. The van der Waals surface area contributed by atoms with E-state index in [1.54, 1.807) is 0 Å². The first-order chi connectivity index (χ1) is 8.16. The number of benzene rings is 1. The predicted octanol–water partition coefficient (Wildman–Crippen LogP) is 3.13. The molecular formula is C14H19N3. The van der Waals surface area contributed by atoms with E-state index in [9.17, 15) is 0 Å². The maximum Gasteiger partial charge on any atom is 0.0534 e. The van der Waals surface area contributed by atoms with Crippen LogP contribution in [0.5, 0.6) is 0 Å². The summed E-state index contributed by atoms with van der Waals surface area (Å²) in [4.78, 5) is 0. The van der Waals surface area contributed by atoms with Gasteiger partial charge in [0.1, 0.15) is 0 Å². The third kappa shape index (κ3) is 2.94. The van der Waals surface area contributed by atoms with Crippen LogP contribution in [-0.4, -0.2) is 10.2 Å². The zero-order valence-electron chi connectivity index (χ0n) is 10.6. The lowest BCUT2D eigenvalue weighted by atomic mass is 10.0. The van der Waals surface area contributed by atoms with Crippen molar-refractivity contribution in [3.63, 3.8) is 0 Å². The number of aryl methyl sites for hydroxylation is 1. The highest BCUT2D eigenvalue weighted by Gasteiger charge is 2.11. The van der Waals surface area contributed by atoms with Gasteiger partial charge >= 0.3 is 0 Å². The van der Waals surface area contributed by atoms with Crippen molar-refractivity contribution in [2.24, 2.45) is 0 Å². The summed E-state index contributed by atoms with van der Waals surface area (Å²) in [5.74, 6) is 0. The lowest BCUT2D eigenvalue weighted by Gasteiger charge is -2.19. The summed E-state index contributed by atoms with van der Waals surface area (Å²) < 4.78 is 0. The second-order valence-corrected chi connectivity index (χ2v) is 4.56. The van der Waals surface area contributed by atoms with Crippen molar-refractivity contribution >= 4 is 0 Å². The fraction of sp³-hybridized carbons (Fsp3) is 0.357. The Balaban J connectivity index is 2.04. The molecule has 1 heterocycles. The Labute approximate surface area is 102 Å². The molecule has 0 spiro atoms. The molecule has 2 unspecified atom stereocenters. The highest BCUT2D eigenvalue weighted by atomic mass is 15.1. The molecule has 1 aromatic heterocycles. The first-order valence-electron chi connectivity index (χ1n) is 5.98. The first-order valence-corrected chi connectivity index (χ1v) is 5.98. The van der Waals surface area contributed by atoms with Gasteiger partial charge in [0, 0.05) is 23.8 Å². The van der Waals surface area contributed by atoms with Crippen LogP contribution in [-0.2, 0) is 0 Å². The normalized spacial score (nSPS) is 14.5. The molecule has 0 saturated heterocycles. The van der Waals surface area contributed by atoms with E-state index in [0.717, 1.165) is 0 Å². The maximum atomic E-state index is 3.97. The maximum absolute atomic E-state index is 3.97. The smallest absolute Gasteiger partial charge is 0.0534 e. The van der Waals surface area contributed by atoms with Crippen molar-refractivity contribution in [2.75, 3.05) is 0 Å². The molecule has 17 heavy (non-hydrogen) atoms. The zero-order chi connectivity index (χ0) is 12.3. The van der Waals surface area contributed by atoms with E-state index in [4.69, 9.17) is 0 Å². The molecule has 0 bridgehead atoms. The molecule has 0 radical (unpaired) electrons. The molecule has 0 fully saturated rings. The summed E-state index contributed by atoms with van der Waals surface area (Å²) in [6.07, 6.45) is 3.79. The number of aromatic amines is 1. The molecule has 3 heteroatoms. The Bertz CT molecular complexity index is 462. The van der Waals surface area contributed by atoms with Gasteiger partial charge in [-0.3, -0.25) is 5.10 Å². The van der Waals surface area contributed by atoms with Gasteiger partial charge in [-0.15, -0.1) is 0 Å². The van der Waals surface area contributed by atoms with Gasteiger partial charge in [0.2, 0.25) is 0 Å². The van der Waals surface area contributed by atoms with Crippen LogP contribution in [0, 0.1) is 6.92 Å². The number of nitrogens with one attached hydrogen (secondary N) is 2. The highest BCUT2D eigenvalue weighted by Crippen LogP contribution is 2.19. The van der Waals surface area contributed by atoms with Gasteiger partial charge < -0.3 is 5.32 Å². The van der Waals surface area contributed by atoms with Crippen molar-refractivity contribution in [3.8, 4) is 0 Å². The van der Waals surface area contributed by atoms with Gasteiger partial charge in [-0.05, 0) is 26.3 Å². The molecule has 2 rings (SSSR count). The van der Waals surface area contributed by atoms with Crippen LogP contribution in [0.15, 0.2) is 36.7 Å². The monoisotopic (exact) mass is 229 g/mol. The topological polar surface area (TPSA) is 40.7 Å². The fourth-order valence-corrected chi connectivity index (χ4v) is 2.00. The SMILES string of the molecule is Cc1cccc(C(C)NC(C)c2cn[nH]c2)c1. The summed E-state index contributed by atoms with van der Waals surface area (Å²) >= 11 is 0. The summed E-state index contributed by atoms with van der Waals surface area (Å²) in [6, 6.07) is 9.23. The molecule has 0 saturated carbocycles. The summed E-state index contributed by atoms with van der Waals surface area (Å²) in [5.41, 5.74) is 3.80. The lowest BCUT2D eigenvalue weighted by molar-refractivity contribution is 0.494. The van der Waals surface area contributed by atoms with Gasteiger partial charge in [0.15, 0.2) is 0 Å². The molecule has 0 aliphatic rings. The number of hydrogen-bond acceptors (Lipinski definition) is 2. The molecule has 90 valence electrons. The van der Waals surface area contributed by atoms with E-state index < -0.39 is 0 Å². The third-order valence-electron chi connectivity index (χ3n) is 3.06. The quantitative estimate of drug-likeness (QED) is 0.845. The molecule has 3 nitrogen and oxygen atoms in total. The fourth-order valence-electron chi connectivity index (χ4n) is 2.00. The van der Waals surface area contributed by atoms with Gasteiger partial charge in [0.25, 0.3) is 0 Å². The molecule has 2 atom stereocenters. The zero-order valence-corrected chi connectivity index (χ0v) is 10.6. The molecular weight excluding hydrogens is 210 g/mol. The van der Waals surface area contributed by atoms with E-state index in [0.29, 0.717) is 12.1 Å². The van der Waals surface area contributed by atoms with Crippen molar-refractivity contribution in [1.82, 2.24) is 15.5 Å². The average molecular weight is 229 g/mol. The number of rotatable bonds is 4.